The van der Waals surface area contributed by atoms with E-state index in [4.69, 9.17) is 0 Å². The van der Waals surface area contributed by atoms with Gasteiger partial charge in [-0.3, -0.25) is 4.79 Å². The van der Waals surface area contributed by atoms with Crippen LogP contribution in [-0.4, -0.2) is 20.9 Å². The normalized spacial score (nSPS) is 10.7. The van der Waals surface area contributed by atoms with Crippen molar-refractivity contribution >= 4 is 34.3 Å². The summed E-state index contributed by atoms with van der Waals surface area (Å²) < 4.78 is 0. The van der Waals surface area contributed by atoms with Crippen LogP contribution < -0.4 is 5.32 Å². The lowest BCUT2D eigenvalue weighted by atomic mass is 10.2. The average molecular weight is 378 g/mol. The van der Waals surface area contributed by atoms with Gasteiger partial charge in [0.25, 0.3) is 5.91 Å². The minimum atomic E-state index is -0.197. The van der Waals surface area contributed by atoms with E-state index in [1.54, 1.807) is 23.7 Å². The highest BCUT2D eigenvalue weighted by atomic mass is 32.1. The molecule has 0 atom stereocenters. The fourth-order valence-corrected chi connectivity index (χ4v) is 4.11. The molecule has 3 heterocycles. The summed E-state index contributed by atoms with van der Waals surface area (Å²) in [5, 5.41) is 7.72. The molecule has 3 aromatic heterocycles. The third kappa shape index (κ3) is 3.40. The number of aryl methyl sites for hydroxylation is 1. The molecule has 0 saturated carbocycles. The zero-order chi connectivity index (χ0) is 17.9. The highest BCUT2D eigenvalue weighted by Gasteiger charge is 2.17. The van der Waals surface area contributed by atoms with Crippen LogP contribution in [0.5, 0.6) is 0 Å². The van der Waals surface area contributed by atoms with Gasteiger partial charge in [0.2, 0.25) is 0 Å². The minimum Gasteiger partial charge on any atom is -0.319 e. The molecule has 0 aliphatic rings. The molecule has 0 spiro atoms. The number of aromatic nitrogens is 3. The number of rotatable bonds is 4. The Morgan fingerprint density at radius 1 is 1.04 bits per heavy atom. The molecule has 0 unspecified atom stereocenters. The van der Waals surface area contributed by atoms with Crippen molar-refractivity contribution in [2.45, 2.75) is 6.92 Å². The van der Waals surface area contributed by atoms with Gasteiger partial charge < -0.3 is 5.32 Å². The first-order chi connectivity index (χ1) is 12.7. The van der Waals surface area contributed by atoms with Gasteiger partial charge in [0.1, 0.15) is 9.88 Å². The molecule has 0 radical (unpaired) electrons. The largest absolute Gasteiger partial charge is 0.319 e. The first kappa shape index (κ1) is 16.6. The SMILES string of the molecule is Cc1nc(-c2ccsc2)sc1C(=O)Nc1cnc(-c2ccccc2)nc1. The van der Waals surface area contributed by atoms with Crippen LogP contribution in [0.15, 0.2) is 59.6 Å². The number of hydrogen-bond acceptors (Lipinski definition) is 6. The number of amides is 1. The number of benzene rings is 1. The Morgan fingerprint density at radius 2 is 1.81 bits per heavy atom. The summed E-state index contributed by atoms with van der Waals surface area (Å²) in [6.45, 7) is 1.84. The van der Waals surface area contributed by atoms with Crippen LogP contribution in [0, 0.1) is 6.92 Å². The molecule has 26 heavy (non-hydrogen) atoms. The molecule has 0 bridgehead atoms. The van der Waals surface area contributed by atoms with Crippen molar-refractivity contribution in [3.05, 3.63) is 70.1 Å². The van der Waals surface area contributed by atoms with Crippen molar-refractivity contribution in [3.8, 4) is 22.0 Å². The van der Waals surface area contributed by atoms with E-state index in [0.29, 0.717) is 16.4 Å². The predicted molar refractivity (Wildman–Crippen MR) is 106 cm³/mol. The standard InChI is InChI=1S/C19H14N4OS2/c1-12-16(26-19(22-12)14-7-8-25-11-14)18(24)23-15-9-20-17(21-10-15)13-5-3-2-4-6-13/h2-11H,1H3,(H,23,24). The van der Waals surface area contributed by atoms with Crippen molar-refractivity contribution in [1.29, 1.82) is 0 Å². The lowest BCUT2D eigenvalue weighted by Crippen LogP contribution is -2.12. The van der Waals surface area contributed by atoms with Crippen LogP contribution in [0.2, 0.25) is 0 Å². The molecule has 128 valence electrons. The summed E-state index contributed by atoms with van der Waals surface area (Å²) in [5.41, 5.74) is 3.25. The van der Waals surface area contributed by atoms with E-state index in [2.05, 4.69) is 20.3 Å². The molecular formula is C19H14N4OS2. The highest BCUT2D eigenvalue weighted by Crippen LogP contribution is 2.29. The lowest BCUT2D eigenvalue weighted by Gasteiger charge is -2.04. The predicted octanol–water partition coefficient (Wildman–Crippen LogP) is 4.89. The fraction of sp³-hybridized carbons (Fsp3) is 0.0526. The number of carbonyl (C=O) groups excluding carboxylic acids is 1. The van der Waals surface area contributed by atoms with Gasteiger partial charge in [0, 0.05) is 16.5 Å². The quantitative estimate of drug-likeness (QED) is 0.549. The molecule has 1 amide bonds. The molecule has 0 saturated heterocycles. The first-order valence-electron chi connectivity index (χ1n) is 7.89. The third-order valence-corrected chi connectivity index (χ3v) is 5.60. The summed E-state index contributed by atoms with van der Waals surface area (Å²) in [7, 11) is 0. The van der Waals surface area contributed by atoms with Gasteiger partial charge in [-0.25, -0.2) is 15.0 Å². The molecule has 1 N–H and O–H groups in total. The number of thiazole rings is 1. The number of thiophene rings is 1. The van der Waals surface area contributed by atoms with Crippen LogP contribution in [0.4, 0.5) is 5.69 Å². The van der Waals surface area contributed by atoms with Crippen molar-refractivity contribution < 1.29 is 4.79 Å². The van der Waals surface area contributed by atoms with Crippen LogP contribution >= 0.6 is 22.7 Å². The van der Waals surface area contributed by atoms with Crippen LogP contribution in [0.1, 0.15) is 15.4 Å². The number of carbonyl (C=O) groups is 1. The van der Waals surface area contributed by atoms with E-state index in [-0.39, 0.29) is 5.91 Å². The van der Waals surface area contributed by atoms with Crippen molar-refractivity contribution in [2.24, 2.45) is 0 Å². The molecule has 4 rings (SSSR count). The molecule has 7 heteroatoms. The maximum atomic E-state index is 12.6. The van der Waals surface area contributed by atoms with Gasteiger partial charge in [-0.05, 0) is 18.4 Å². The van der Waals surface area contributed by atoms with Gasteiger partial charge in [0.15, 0.2) is 5.82 Å². The number of nitrogens with one attached hydrogen (secondary N) is 1. The van der Waals surface area contributed by atoms with Gasteiger partial charge in [0.05, 0.1) is 23.8 Å². The van der Waals surface area contributed by atoms with Gasteiger partial charge >= 0.3 is 0 Å². The monoisotopic (exact) mass is 378 g/mol. The Hall–Kier alpha value is -2.90. The maximum absolute atomic E-state index is 12.6. The average Bonchev–Trinajstić information content (AvgIpc) is 3.32. The van der Waals surface area contributed by atoms with Crippen molar-refractivity contribution in [3.63, 3.8) is 0 Å². The van der Waals surface area contributed by atoms with Crippen LogP contribution in [-0.2, 0) is 0 Å². The van der Waals surface area contributed by atoms with Crippen molar-refractivity contribution in [1.82, 2.24) is 15.0 Å². The zero-order valence-corrected chi connectivity index (χ0v) is 15.5. The third-order valence-electron chi connectivity index (χ3n) is 3.71. The molecule has 0 fully saturated rings. The Morgan fingerprint density at radius 3 is 2.50 bits per heavy atom. The summed E-state index contributed by atoms with van der Waals surface area (Å²) in [6, 6.07) is 11.7. The van der Waals surface area contributed by atoms with Crippen LogP contribution in [0.25, 0.3) is 22.0 Å². The van der Waals surface area contributed by atoms with E-state index < -0.39 is 0 Å². The number of anilines is 1. The molecule has 1 aromatic carbocycles. The summed E-state index contributed by atoms with van der Waals surface area (Å²) in [5.74, 6) is 0.426. The Labute approximate surface area is 158 Å². The highest BCUT2D eigenvalue weighted by molar-refractivity contribution is 7.17. The minimum absolute atomic E-state index is 0.197. The smallest absolute Gasteiger partial charge is 0.267 e. The summed E-state index contributed by atoms with van der Waals surface area (Å²) in [6.07, 6.45) is 3.23. The van der Waals surface area contributed by atoms with Gasteiger partial charge in [-0.15, -0.1) is 11.3 Å². The second kappa shape index (κ2) is 7.15. The molecule has 0 aliphatic carbocycles. The molecule has 0 aliphatic heterocycles. The maximum Gasteiger partial charge on any atom is 0.267 e. The molecule has 5 nitrogen and oxygen atoms in total. The molecule has 4 aromatic rings. The van der Waals surface area contributed by atoms with E-state index in [9.17, 15) is 4.79 Å². The second-order valence-corrected chi connectivity index (χ2v) is 7.34. The summed E-state index contributed by atoms with van der Waals surface area (Å²) >= 11 is 3.00. The fourth-order valence-electron chi connectivity index (χ4n) is 2.43. The Bertz CT molecular complexity index is 1030. The summed E-state index contributed by atoms with van der Waals surface area (Å²) in [4.78, 5) is 26.3. The van der Waals surface area contributed by atoms with Crippen molar-refractivity contribution in [2.75, 3.05) is 5.32 Å². The second-order valence-electron chi connectivity index (χ2n) is 5.56. The van der Waals surface area contributed by atoms with E-state index in [1.807, 2.05) is 54.1 Å². The van der Waals surface area contributed by atoms with Gasteiger partial charge in [-0.2, -0.15) is 11.3 Å². The number of nitrogens with zero attached hydrogens (tertiary/aromatic N) is 3. The molecular weight excluding hydrogens is 364 g/mol. The van der Waals surface area contributed by atoms with Gasteiger partial charge in [-0.1, -0.05) is 30.3 Å². The van der Waals surface area contributed by atoms with E-state index in [0.717, 1.165) is 21.8 Å². The van der Waals surface area contributed by atoms with E-state index >= 15 is 0 Å². The zero-order valence-electron chi connectivity index (χ0n) is 13.8. The van der Waals surface area contributed by atoms with Crippen LogP contribution in [0.3, 0.4) is 0 Å². The number of hydrogen-bond donors (Lipinski definition) is 1. The lowest BCUT2D eigenvalue weighted by molar-refractivity contribution is 0.102. The topological polar surface area (TPSA) is 67.8 Å². The van der Waals surface area contributed by atoms with E-state index in [1.165, 1.54) is 11.3 Å². The first-order valence-corrected chi connectivity index (χ1v) is 9.65. The Kier molecular flexibility index (Phi) is 4.55. The Balaban J connectivity index is 1.52.